The summed E-state index contributed by atoms with van der Waals surface area (Å²) in [5.74, 6) is 0.497. The van der Waals surface area contributed by atoms with Crippen molar-refractivity contribution in [2.75, 3.05) is 13.1 Å². The van der Waals surface area contributed by atoms with Gasteiger partial charge in [0.2, 0.25) is 11.8 Å². The van der Waals surface area contributed by atoms with Crippen LogP contribution in [0.5, 0.6) is 0 Å². The van der Waals surface area contributed by atoms with Crippen LogP contribution in [0.25, 0.3) is 11.5 Å². The summed E-state index contributed by atoms with van der Waals surface area (Å²) in [6.45, 7) is 1.20. The number of benzene rings is 1. The van der Waals surface area contributed by atoms with Crippen LogP contribution in [0.3, 0.4) is 0 Å². The van der Waals surface area contributed by atoms with E-state index in [9.17, 15) is 9.90 Å². The van der Waals surface area contributed by atoms with Crippen molar-refractivity contribution in [2.24, 2.45) is 0 Å². The SMILES string of the molecule is O=C(Cc1coc(-c2ccc(Cl)cc2)n1)N1CCC(O)CC1. The number of rotatable bonds is 3. The average Bonchev–Trinajstić information content (AvgIpc) is 2.97. The van der Waals surface area contributed by atoms with E-state index in [1.54, 1.807) is 17.0 Å². The molecule has 0 saturated carbocycles. The van der Waals surface area contributed by atoms with Crippen molar-refractivity contribution >= 4 is 17.5 Å². The van der Waals surface area contributed by atoms with Gasteiger partial charge in [-0.1, -0.05) is 11.6 Å². The topological polar surface area (TPSA) is 66.6 Å². The summed E-state index contributed by atoms with van der Waals surface area (Å²) in [6, 6.07) is 7.19. The highest BCUT2D eigenvalue weighted by Crippen LogP contribution is 2.21. The van der Waals surface area contributed by atoms with Crippen LogP contribution in [0.2, 0.25) is 5.02 Å². The van der Waals surface area contributed by atoms with Gasteiger partial charge in [0.1, 0.15) is 6.26 Å². The lowest BCUT2D eigenvalue weighted by atomic mass is 10.1. The van der Waals surface area contributed by atoms with Gasteiger partial charge in [0.05, 0.1) is 18.2 Å². The highest BCUT2D eigenvalue weighted by atomic mass is 35.5. The highest BCUT2D eigenvalue weighted by Gasteiger charge is 2.22. The molecule has 1 amide bonds. The zero-order valence-corrected chi connectivity index (χ0v) is 12.8. The van der Waals surface area contributed by atoms with Crippen molar-refractivity contribution in [3.63, 3.8) is 0 Å². The Morgan fingerprint density at radius 3 is 2.68 bits per heavy atom. The maximum atomic E-state index is 12.2. The molecule has 0 bridgehead atoms. The molecular formula is C16H17ClN2O3. The molecule has 1 aliphatic heterocycles. The molecule has 0 unspecified atom stereocenters. The van der Waals surface area contributed by atoms with E-state index < -0.39 is 0 Å². The van der Waals surface area contributed by atoms with Crippen LogP contribution in [0, 0.1) is 0 Å². The molecule has 0 spiro atoms. The van der Waals surface area contributed by atoms with E-state index in [2.05, 4.69) is 4.98 Å². The van der Waals surface area contributed by atoms with Gasteiger partial charge in [0.15, 0.2) is 0 Å². The van der Waals surface area contributed by atoms with Gasteiger partial charge in [0.25, 0.3) is 0 Å². The summed E-state index contributed by atoms with van der Waals surface area (Å²) in [7, 11) is 0. The Morgan fingerprint density at radius 1 is 1.32 bits per heavy atom. The monoisotopic (exact) mass is 320 g/mol. The fourth-order valence-electron chi connectivity index (χ4n) is 2.50. The fraction of sp³-hybridized carbons (Fsp3) is 0.375. The molecule has 0 radical (unpaired) electrons. The Balaban J connectivity index is 1.64. The van der Waals surface area contributed by atoms with E-state index >= 15 is 0 Å². The first-order valence-electron chi connectivity index (χ1n) is 7.28. The van der Waals surface area contributed by atoms with Gasteiger partial charge in [0, 0.05) is 23.7 Å². The van der Waals surface area contributed by atoms with Gasteiger partial charge < -0.3 is 14.4 Å². The molecule has 0 atom stereocenters. The zero-order valence-electron chi connectivity index (χ0n) is 12.0. The van der Waals surface area contributed by atoms with E-state index in [1.807, 2.05) is 12.1 Å². The summed E-state index contributed by atoms with van der Waals surface area (Å²) in [5.41, 5.74) is 1.44. The van der Waals surface area contributed by atoms with Crippen LogP contribution in [-0.2, 0) is 11.2 Å². The first kappa shape index (κ1) is 15.1. The third-order valence-corrected chi connectivity index (χ3v) is 4.04. The Hall–Kier alpha value is -1.85. The second kappa shape index (κ2) is 6.50. The number of halogens is 1. The number of aromatic nitrogens is 1. The molecule has 1 aromatic heterocycles. The van der Waals surface area contributed by atoms with Gasteiger partial charge in [-0.25, -0.2) is 4.98 Å². The number of oxazole rings is 1. The second-order valence-corrected chi connectivity index (χ2v) is 5.88. The maximum absolute atomic E-state index is 12.2. The minimum absolute atomic E-state index is 0.0165. The molecule has 5 nitrogen and oxygen atoms in total. The predicted molar refractivity (Wildman–Crippen MR) is 82.5 cm³/mol. The van der Waals surface area contributed by atoms with Gasteiger partial charge in [-0.05, 0) is 37.1 Å². The molecule has 0 aliphatic carbocycles. The zero-order chi connectivity index (χ0) is 15.5. The minimum Gasteiger partial charge on any atom is -0.444 e. The number of aliphatic hydroxyl groups is 1. The number of amides is 1. The lowest BCUT2D eigenvalue weighted by Crippen LogP contribution is -2.40. The number of aliphatic hydroxyl groups excluding tert-OH is 1. The molecule has 2 aromatic rings. The molecular weight excluding hydrogens is 304 g/mol. The van der Waals surface area contributed by atoms with Crippen molar-refractivity contribution in [3.05, 3.63) is 41.2 Å². The number of piperidine rings is 1. The molecule has 3 rings (SSSR count). The smallest absolute Gasteiger partial charge is 0.228 e. The number of hydrogen-bond acceptors (Lipinski definition) is 4. The van der Waals surface area contributed by atoms with Crippen molar-refractivity contribution in [1.82, 2.24) is 9.88 Å². The van der Waals surface area contributed by atoms with E-state index in [0.717, 1.165) is 5.56 Å². The summed E-state index contributed by atoms with van der Waals surface area (Å²) in [5, 5.41) is 10.1. The Bertz CT molecular complexity index is 646. The molecule has 2 heterocycles. The van der Waals surface area contributed by atoms with Crippen molar-refractivity contribution in [3.8, 4) is 11.5 Å². The second-order valence-electron chi connectivity index (χ2n) is 5.44. The molecule has 22 heavy (non-hydrogen) atoms. The Labute approximate surface area is 133 Å². The minimum atomic E-state index is -0.285. The third-order valence-electron chi connectivity index (χ3n) is 3.79. The summed E-state index contributed by atoms with van der Waals surface area (Å²) < 4.78 is 5.43. The van der Waals surface area contributed by atoms with Crippen LogP contribution in [-0.4, -0.2) is 40.1 Å². The highest BCUT2D eigenvalue weighted by molar-refractivity contribution is 6.30. The van der Waals surface area contributed by atoms with Crippen LogP contribution in [0.15, 0.2) is 34.9 Å². The maximum Gasteiger partial charge on any atom is 0.228 e. The quantitative estimate of drug-likeness (QED) is 0.943. The van der Waals surface area contributed by atoms with Crippen LogP contribution in [0.4, 0.5) is 0 Å². The van der Waals surface area contributed by atoms with Gasteiger partial charge >= 0.3 is 0 Å². The molecule has 1 aromatic carbocycles. The van der Waals surface area contributed by atoms with Crippen LogP contribution >= 0.6 is 11.6 Å². The summed E-state index contributed by atoms with van der Waals surface area (Å²) in [6.07, 6.45) is 2.72. The van der Waals surface area contributed by atoms with E-state index in [1.165, 1.54) is 6.26 Å². The van der Waals surface area contributed by atoms with Gasteiger partial charge in [-0.15, -0.1) is 0 Å². The summed E-state index contributed by atoms with van der Waals surface area (Å²) in [4.78, 5) is 18.3. The number of likely N-dealkylation sites (tertiary alicyclic amines) is 1. The average molecular weight is 321 g/mol. The van der Waals surface area contributed by atoms with Gasteiger partial charge in [-0.3, -0.25) is 4.79 Å². The van der Waals surface area contributed by atoms with Crippen molar-refractivity contribution in [1.29, 1.82) is 0 Å². The van der Waals surface area contributed by atoms with E-state index in [4.69, 9.17) is 16.0 Å². The van der Waals surface area contributed by atoms with E-state index in [-0.39, 0.29) is 18.4 Å². The van der Waals surface area contributed by atoms with Crippen molar-refractivity contribution < 1.29 is 14.3 Å². The number of carbonyl (C=O) groups excluding carboxylic acids is 1. The lowest BCUT2D eigenvalue weighted by molar-refractivity contribution is -0.132. The number of hydrogen-bond donors (Lipinski definition) is 1. The van der Waals surface area contributed by atoms with Crippen LogP contribution < -0.4 is 0 Å². The first-order chi connectivity index (χ1) is 10.6. The molecule has 1 saturated heterocycles. The number of carbonyl (C=O) groups is 1. The standard InChI is InChI=1S/C16H17ClN2O3/c17-12-3-1-11(2-4-12)16-18-13(10-22-16)9-15(21)19-7-5-14(20)6-8-19/h1-4,10,14,20H,5-9H2. The molecule has 1 fully saturated rings. The molecule has 116 valence electrons. The largest absolute Gasteiger partial charge is 0.444 e. The normalized spacial score (nSPS) is 16.0. The third kappa shape index (κ3) is 3.48. The number of nitrogens with zero attached hydrogens (tertiary/aromatic N) is 2. The Morgan fingerprint density at radius 2 is 2.00 bits per heavy atom. The van der Waals surface area contributed by atoms with Gasteiger partial charge in [-0.2, -0.15) is 0 Å². The van der Waals surface area contributed by atoms with Crippen molar-refractivity contribution in [2.45, 2.75) is 25.4 Å². The Kier molecular flexibility index (Phi) is 4.45. The predicted octanol–water partition coefficient (Wildman–Crippen LogP) is 2.52. The van der Waals surface area contributed by atoms with Crippen LogP contribution in [0.1, 0.15) is 18.5 Å². The lowest BCUT2D eigenvalue weighted by Gasteiger charge is -2.29. The summed E-state index contributed by atoms with van der Waals surface area (Å²) >= 11 is 5.85. The first-order valence-corrected chi connectivity index (χ1v) is 7.66. The van der Waals surface area contributed by atoms with E-state index in [0.29, 0.717) is 42.5 Å². The molecule has 1 aliphatic rings. The fourth-order valence-corrected chi connectivity index (χ4v) is 2.62. The molecule has 1 N–H and O–H groups in total. The molecule has 6 heteroatoms.